The molecule has 5 nitrogen and oxygen atoms in total. The van der Waals surface area contributed by atoms with E-state index in [-0.39, 0.29) is 6.04 Å². The van der Waals surface area contributed by atoms with E-state index in [1.165, 1.54) is 0 Å². The standard InChI is InChI=1S/C10H15N5/c1-7-8(6-15(3)13-7)9(11)10-12-4-5-14(10)2/h4-6,9H,11H2,1-3H3. The summed E-state index contributed by atoms with van der Waals surface area (Å²) >= 11 is 0. The highest BCUT2D eigenvalue weighted by atomic mass is 15.3. The zero-order valence-electron chi connectivity index (χ0n) is 9.18. The lowest BCUT2D eigenvalue weighted by Gasteiger charge is -2.10. The molecule has 5 heteroatoms. The first kappa shape index (κ1) is 9.92. The van der Waals surface area contributed by atoms with Crippen LogP contribution in [0.25, 0.3) is 0 Å². The molecule has 0 radical (unpaired) electrons. The van der Waals surface area contributed by atoms with Gasteiger partial charge in [-0.3, -0.25) is 4.68 Å². The van der Waals surface area contributed by atoms with Crippen molar-refractivity contribution < 1.29 is 0 Å². The number of aromatic nitrogens is 4. The van der Waals surface area contributed by atoms with Gasteiger partial charge < -0.3 is 10.3 Å². The second-order valence-electron chi connectivity index (χ2n) is 3.72. The SMILES string of the molecule is Cc1nn(C)cc1C(N)c1nccn1C. The van der Waals surface area contributed by atoms with Crippen LogP contribution in [-0.4, -0.2) is 19.3 Å². The summed E-state index contributed by atoms with van der Waals surface area (Å²) < 4.78 is 3.70. The summed E-state index contributed by atoms with van der Waals surface area (Å²) in [7, 11) is 3.83. The Kier molecular flexibility index (Phi) is 2.32. The monoisotopic (exact) mass is 205 g/mol. The average Bonchev–Trinajstić information content (AvgIpc) is 2.71. The van der Waals surface area contributed by atoms with Gasteiger partial charge in [0.15, 0.2) is 0 Å². The molecule has 0 amide bonds. The van der Waals surface area contributed by atoms with Crippen LogP contribution >= 0.6 is 0 Å². The van der Waals surface area contributed by atoms with E-state index in [4.69, 9.17) is 5.73 Å². The first-order valence-corrected chi connectivity index (χ1v) is 4.82. The fourth-order valence-electron chi connectivity index (χ4n) is 1.74. The summed E-state index contributed by atoms with van der Waals surface area (Å²) in [6.45, 7) is 1.96. The van der Waals surface area contributed by atoms with Crippen molar-refractivity contribution in [2.45, 2.75) is 13.0 Å². The molecule has 2 rings (SSSR count). The number of nitrogens with zero attached hydrogens (tertiary/aromatic N) is 4. The van der Waals surface area contributed by atoms with E-state index in [9.17, 15) is 0 Å². The van der Waals surface area contributed by atoms with E-state index >= 15 is 0 Å². The molecule has 15 heavy (non-hydrogen) atoms. The lowest BCUT2D eigenvalue weighted by molar-refractivity contribution is 0.712. The molecule has 2 heterocycles. The summed E-state index contributed by atoms with van der Waals surface area (Å²) in [5.41, 5.74) is 8.11. The van der Waals surface area contributed by atoms with Gasteiger partial charge >= 0.3 is 0 Å². The third-order valence-corrected chi connectivity index (χ3v) is 2.52. The van der Waals surface area contributed by atoms with E-state index in [0.717, 1.165) is 17.1 Å². The molecule has 80 valence electrons. The topological polar surface area (TPSA) is 61.7 Å². The Morgan fingerprint density at radius 1 is 1.40 bits per heavy atom. The number of hydrogen-bond acceptors (Lipinski definition) is 3. The van der Waals surface area contributed by atoms with Crippen molar-refractivity contribution in [3.05, 3.63) is 35.7 Å². The average molecular weight is 205 g/mol. The van der Waals surface area contributed by atoms with Crippen molar-refractivity contribution in [2.75, 3.05) is 0 Å². The van der Waals surface area contributed by atoms with Gasteiger partial charge in [0.05, 0.1) is 11.7 Å². The van der Waals surface area contributed by atoms with Crippen LogP contribution in [-0.2, 0) is 14.1 Å². The van der Waals surface area contributed by atoms with E-state index in [1.807, 2.05) is 38.0 Å². The van der Waals surface area contributed by atoms with Gasteiger partial charge in [-0.2, -0.15) is 5.10 Å². The van der Waals surface area contributed by atoms with Gasteiger partial charge in [0.25, 0.3) is 0 Å². The number of nitrogens with two attached hydrogens (primary N) is 1. The fourth-order valence-corrected chi connectivity index (χ4v) is 1.74. The molecular formula is C10H15N5. The lowest BCUT2D eigenvalue weighted by Crippen LogP contribution is -2.16. The number of rotatable bonds is 2. The predicted molar refractivity (Wildman–Crippen MR) is 57.2 cm³/mol. The predicted octanol–water partition coefficient (Wildman–Crippen LogP) is 0.510. The molecule has 0 aromatic carbocycles. The molecule has 0 fully saturated rings. The Labute approximate surface area is 88.5 Å². The van der Waals surface area contributed by atoms with Crippen LogP contribution < -0.4 is 5.73 Å². The number of aryl methyl sites for hydroxylation is 3. The van der Waals surface area contributed by atoms with Crippen molar-refractivity contribution in [3.8, 4) is 0 Å². The van der Waals surface area contributed by atoms with Crippen molar-refractivity contribution >= 4 is 0 Å². The first-order chi connectivity index (χ1) is 7.09. The van der Waals surface area contributed by atoms with E-state index in [1.54, 1.807) is 10.9 Å². The van der Waals surface area contributed by atoms with Gasteiger partial charge in [0.1, 0.15) is 5.82 Å². The summed E-state index contributed by atoms with van der Waals surface area (Å²) in [6, 6.07) is -0.210. The molecular weight excluding hydrogens is 190 g/mol. The molecule has 0 saturated carbocycles. The fraction of sp³-hybridized carbons (Fsp3) is 0.400. The lowest BCUT2D eigenvalue weighted by atomic mass is 10.1. The van der Waals surface area contributed by atoms with Crippen LogP contribution in [0.3, 0.4) is 0 Å². The first-order valence-electron chi connectivity index (χ1n) is 4.82. The van der Waals surface area contributed by atoms with Crippen molar-refractivity contribution in [1.82, 2.24) is 19.3 Å². The molecule has 1 atom stereocenters. The minimum absolute atomic E-state index is 0.210. The molecule has 0 aliphatic heterocycles. The van der Waals surface area contributed by atoms with Gasteiger partial charge in [0, 0.05) is 38.2 Å². The molecule has 0 bridgehead atoms. The summed E-state index contributed by atoms with van der Waals surface area (Å²) in [6.07, 6.45) is 5.58. The Balaban J connectivity index is 2.40. The van der Waals surface area contributed by atoms with Gasteiger partial charge in [-0.1, -0.05) is 0 Å². The molecule has 2 aromatic rings. The minimum atomic E-state index is -0.210. The van der Waals surface area contributed by atoms with Crippen LogP contribution in [0.2, 0.25) is 0 Å². The van der Waals surface area contributed by atoms with Crippen LogP contribution in [0.1, 0.15) is 23.1 Å². The van der Waals surface area contributed by atoms with Gasteiger partial charge in [0.2, 0.25) is 0 Å². The summed E-state index contributed by atoms with van der Waals surface area (Å²) in [5, 5.41) is 4.27. The second-order valence-corrected chi connectivity index (χ2v) is 3.72. The zero-order chi connectivity index (χ0) is 11.0. The highest BCUT2D eigenvalue weighted by Gasteiger charge is 2.17. The molecule has 1 unspecified atom stereocenters. The zero-order valence-corrected chi connectivity index (χ0v) is 9.18. The van der Waals surface area contributed by atoms with Gasteiger partial charge in [-0.25, -0.2) is 4.98 Å². The molecule has 0 aliphatic rings. The summed E-state index contributed by atoms with van der Waals surface area (Å²) in [5.74, 6) is 0.853. The largest absolute Gasteiger partial charge is 0.336 e. The van der Waals surface area contributed by atoms with Crippen LogP contribution in [0.15, 0.2) is 18.6 Å². The minimum Gasteiger partial charge on any atom is -0.336 e. The quantitative estimate of drug-likeness (QED) is 0.777. The van der Waals surface area contributed by atoms with Gasteiger partial charge in [-0.15, -0.1) is 0 Å². The highest BCUT2D eigenvalue weighted by molar-refractivity contribution is 5.25. The van der Waals surface area contributed by atoms with E-state index in [0.29, 0.717) is 0 Å². The molecule has 2 N–H and O–H groups in total. The molecule has 0 aliphatic carbocycles. The highest BCUT2D eigenvalue weighted by Crippen LogP contribution is 2.19. The maximum absolute atomic E-state index is 6.14. The number of imidazole rings is 1. The van der Waals surface area contributed by atoms with Crippen molar-refractivity contribution in [3.63, 3.8) is 0 Å². The Hall–Kier alpha value is -1.62. The molecule has 2 aromatic heterocycles. The normalized spacial score (nSPS) is 13.1. The molecule has 0 spiro atoms. The Morgan fingerprint density at radius 3 is 2.60 bits per heavy atom. The van der Waals surface area contributed by atoms with Gasteiger partial charge in [-0.05, 0) is 6.92 Å². The van der Waals surface area contributed by atoms with E-state index < -0.39 is 0 Å². The maximum Gasteiger partial charge on any atom is 0.130 e. The molecule has 0 saturated heterocycles. The second kappa shape index (κ2) is 3.51. The van der Waals surface area contributed by atoms with Crippen LogP contribution in [0.4, 0.5) is 0 Å². The summed E-state index contributed by atoms with van der Waals surface area (Å²) in [4.78, 5) is 4.24. The third kappa shape index (κ3) is 1.66. The van der Waals surface area contributed by atoms with Crippen LogP contribution in [0, 0.1) is 6.92 Å². The van der Waals surface area contributed by atoms with E-state index in [2.05, 4.69) is 10.1 Å². The smallest absolute Gasteiger partial charge is 0.130 e. The number of hydrogen-bond donors (Lipinski definition) is 1. The van der Waals surface area contributed by atoms with Crippen molar-refractivity contribution in [2.24, 2.45) is 19.8 Å². The maximum atomic E-state index is 6.14. The van der Waals surface area contributed by atoms with Crippen molar-refractivity contribution in [1.29, 1.82) is 0 Å². The Bertz CT molecular complexity index is 468. The van der Waals surface area contributed by atoms with Crippen LogP contribution in [0.5, 0.6) is 0 Å². The third-order valence-electron chi connectivity index (χ3n) is 2.52. The Morgan fingerprint density at radius 2 is 2.13 bits per heavy atom.